The topological polar surface area (TPSA) is 27.7 Å². The van der Waals surface area contributed by atoms with Crippen molar-refractivity contribution < 1.29 is 14.2 Å². The zero-order valence-corrected chi connectivity index (χ0v) is 19.2. The van der Waals surface area contributed by atoms with E-state index in [1.807, 2.05) is 13.8 Å². The van der Waals surface area contributed by atoms with Gasteiger partial charge in [-0.1, -0.05) is 56.1 Å². The molecule has 0 fully saturated rings. The standard InChI is InChI=1S/C22H28Br2O3/c1-3-26-21(13-17-5-9-19(23)10-6-17)15-25-16-22(27-4-2)14-18-7-11-20(24)12-8-18/h5-12,21-22H,3-4,13-16H2,1-2H3. The molecule has 27 heavy (non-hydrogen) atoms. The first-order chi connectivity index (χ1) is 13.1. The fraction of sp³-hybridized carbons (Fsp3) is 0.455. The Labute approximate surface area is 179 Å². The minimum Gasteiger partial charge on any atom is -0.376 e. The molecule has 2 unspecified atom stereocenters. The maximum absolute atomic E-state index is 5.99. The lowest BCUT2D eigenvalue weighted by atomic mass is 10.1. The average Bonchev–Trinajstić information content (AvgIpc) is 2.65. The van der Waals surface area contributed by atoms with E-state index in [1.54, 1.807) is 0 Å². The predicted octanol–water partition coefficient (Wildman–Crippen LogP) is 5.82. The van der Waals surface area contributed by atoms with E-state index in [1.165, 1.54) is 11.1 Å². The number of rotatable bonds is 12. The van der Waals surface area contributed by atoms with Crippen molar-refractivity contribution in [1.29, 1.82) is 0 Å². The number of benzene rings is 2. The van der Waals surface area contributed by atoms with Crippen molar-refractivity contribution in [3.63, 3.8) is 0 Å². The highest BCUT2D eigenvalue weighted by Gasteiger charge is 2.14. The Morgan fingerprint density at radius 3 is 1.37 bits per heavy atom. The summed E-state index contributed by atoms with van der Waals surface area (Å²) in [5.74, 6) is 0. The molecular formula is C22H28Br2O3. The predicted molar refractivity (Wildman–Crippen MR) is 117 cm³/mol. The second-order valence-corrected chi connectivity index (χ2v) is 8.18. The number of ether oxygens (including phenoxy) is 3. The van der Waals surface area contributed by atoms with Crippen molar-refractivity contribution in [2.24, 2.45) is 0 Å². The molecule has 0 radical (unpaired) electrons. The molecule has 0 aromatic heterocycles. The first-order valence-electron chi connectivity index (χ1n) is 9.40. The first kappa shape index (κ1) is 22.6. The van der Waals surface area contributed by atoms with E-state index in [-0.39, 0.29) is 12.2 Å². The number of halogens is 2. The number of hydrogen-bond acceptors (Lipinski definition) is 3. The zero-order chi connectivity index (χ0) is 19.5. The lowest BCUT2D eigenvalue weighted by Crippen LogP contribution is -2.28. The molecule has 2 atom stereocenters. The van der Waals surface area contributed by atoms with Crippen LogP contribution in [0.4, 0.5) is 0 Å². The van der Waals surface area contributed by atoms with Gasteiger partial charge < -0.3 is 14.2 Å². The highest BCUT2D eigenvalue weighted by atomic mass is 79.9. The summed E-state index contributed by atoms with van der Waals surface area (Å²) in [6.07, 6.45) is 1.78. The van der Waals surface area contributed by atoms with E-state index >= 15 is 0 Å². The Hall–Kier alpha value is -0.720. The molecule has 0 N–H and O–H groups in total. The molecule has 3 nitrogen and oxygen atoms in total. The van der Waals surface area contributed by atoms with Crippen LogP contribution >= 0.6 is 31.9 Å². The smallest absolute Gasteiger partial charge is 0.0848 e. The third-order valence-corrected chi connectivity index (χ3v) is 5.22. The normalized spacial score (nSPS) is 13.5. The van der Waals surface area contributed by atoms with Gasteiger partial charge in [0.05, 0.1) is 25.4 Å². The molecule has 2 aromatic rings. The van der Waals surface area contributed by atoms with Crippen LogP contribution in [0, 0.1) is 0 Å². The minimum atomic E-state index is 0.0473. The van der Waals surface area contributed by atoms with Gasteiger partial charge in [-0.2, -0.15) is 0 Å². The number of hydrogen-bond donors (Lipinski definition) is 0. The molecule has 0 aliphatic rings. The Bertz CT molecular complexity index is 586. The van der Waals surface area contributed by atoms with Gasteiger partial charge in [-0.3, -0.25) is 0 Å². The van der Waals surface area contributed by atoms with E-state index in [2.05, 4.69) is 80.4 Å². The van der Waals surface area contributed by atoms with Crippen LogP contribution in [0.25, 0.3) is 0 Å². The monoisotopic (exact) mass is 498 g/mol. The van der Waals surface area contributed by atoms with Crippen LogP contribution in [0.5, 0.6) is 0 Å². The fourth-order valence-corrected chi connectivity index (χ4v) is 3.43. The van der Waals surface area contributed by atoms with Gasteiger partial charge >= 0.3 is 0 Å². The molecule has 0 spiro atoms. The van der Waals surface area contributed by atoms with Crippen LogP contribution in [0.1, 0.15) is 25.0 Å². The van der Waals surface area contributed by atoms with Gasteiger partial charge in [0, 0.05) is 35.0 Å². The summed E-state index contributed by atoms with van der Waals surface area (Å²) in [6, 6.07) is 16.7. The van der Waals surface area contributed by atoms with E-state index < -0.39 is 0 Å². The van der Waals surface area contributed by atoms with Crippen LogP contribution in [0.15, 0.2) is 57.5 Å². The minimum absolute atomic E-state index is 0.0473. The van der Waals surface area contributed by atoms with Crippen LogP contribution in [0.3, 0.4) is 0 Å². The maximum atomic E-state index is 5.99. The molecular weight excluding hydrogens is 472 g/mol. The largest absolute Gasteiger partial charge is 0.376 e. The molecule has 0 heterocycles. The van der Waals surface area contributed by atoms with Crippen LogP contribution in [-0.2, 0) is 27.1 Å². The van der Waals surface area contributed by atoms with E-state index in [0.717, 1.165) is 21.8 Å². The summed E-state index contributed by atoms with van der Waals surface area (Å²) in [4.78, 5) is 0. The summed E-state index contributed by atoms with van der Waals surface area (Å²) < 4.78 is 19.9. The molecule has 0 aliphatic heterocycles. The molecule has 0 saturated heterocycles. The molecule has 148 valence electrons. The van der Waals surface area contributed by atoms with Crippen molar-refractivity contribution in [3.05, 3.63) is 68.6 Å². The van der Waals surface area contributed by atoms with E-state index in [9.17, 15) is 0 Å². The van der Waals surface area contributed by atoms with Crippen molar-refractivity contribution in [2.75, 3.05) is 26.4 Å². The van der Waals surface area contributed by atoms with Crippen molar-refractivity contribution in [3.8, 4) is 0 Å². The lowest BCUT2D eigenvalue weighted by Gasteiger charge is -2.21. The Balaban J connectivity index is 1.84. The Morgan fingerprint density at radius 1 is 0.667 bits per heavy atom. The van der Waals surface area contributed by atoms with Gasteiger partial charge in [0.15, 0.2) is 0 Å². The zero-order valence-electron chi connectivity index (χ0n) is 16.0. The van der Waals surface area contributed by atoms with Crippen molar-refractivity contribution in [1.82, 2.24) is 0 Å². The second kappa shape index (κ2) is 12.7. The highest BCUT2D eigenvalue weighted by molar-refractivity contribution is 9.10. The first-order valence-corrected chi connectivity index (χ1v) is 11.0. The molecule has 2 rings (SSSR count). The van der Waals surface area contributed by atoms with Gasteiger partial charge in [-0.15, -0.1) is 0 Å². The lowest BCUT2D eigenvalue weighted by molar-refractivity contribution is -0.0522. The highest BCUT2D eigenvalue weighted by Crippen LogP contribution is 2.15. The molecule has 0 aliphatic carbocycles. The van der Waals surface area contributed by atoms with Crippen LogP contribution in [-0.4, -0.2) is 38.6 Å². The summed E-state index contributed by atoms with van der Waals surface area (Å²) in [5, 5.41) is 0. The molecule has 5 heteroatoms. The van der Waals surface area contributed by atoms with Crippen molar-refractivity contribution >= 4 is 31.9 Å². The molecule has 0 saturated carbocycles. The van der Waals surface area contributed by atoms with E-state index in [0.29, 0.717) is 26.4 Å². The van der Waals surface area contributed by atoms with Gasteiger partial charge in [-0.05, 0) is 49.2 Å². The van der Waals surface area contributed by atoms with Gasteiger partial charge in [0.2, 0.25) is 0 Å². The van der Waals surface area contributed by atoms with Crippen LogP contribution in [0.2, 0.25) is 0 Å². The summed E-state index contributed by atoms with van der Waals surface area (Å²) >= 11 is 6.95. The Kier molecular flexibility index (Phi) is 10.6. The van der Waals surface area contributed by atoms with Crippen LogP contribution < -0.4 is 0 Å². The average molecular weight is 500 g/mol. The van der Waals surface area contributed by atoms with Gasteiger partial charge in [-0.25, -0.2) is 0 Å². The summed E-state index contributed by atoms with van der Waals surface area (Å²) in [5.41, 5.74) is 2.49. The van der Waals surface area contributed by atoms with Crippen molar-refractivity contribution in [2.45, 2.75) is 38.9 Å². The summed E-state index contributed by atoms with van der Waals surface area (Å²) in [7, 11) is 0. The summed E-state index contributed by atoms with van der Waals surface area (Å²) in [6.45, 7) is 6.52. The fourth-order valence-electron chi connectivity index (χ4n) is 2.90. The molecule has 2 aromatic carbocycles. The maximum Gasteiger partial charge on any atom is 0.0848 e. The quantitative estimate of drug-likeness (QED) is 0.368. The third kappa shape index (κ3) is 8.88. The Morgan fingerprint density at radius 2 is 1.04 bits per heavy atom. The molecule has 0 amide bonds. The second-order valence-electron chi connectivity index (χ2n) is 6.35. The SMILES string of the molecule is CCOC(COCC(Cc1ccc(Br)cc1)OCC)Cc1ccc(Br)cc1. The molecule has 0 bridgehead atoms. The van der Waals surface area contributed by atoms with Gasteiger partial charge in [0.1, 0.15) is 0 Å². The third-order valence-electron chi connectivity index (χ3n) is 4.17. The van der Waals surface area contributed by atoms with Gasteiger partial charge in [0.25, 0.3) is 0 Å². The van der Waals surface area contributed by atoms with E-state index in [4.69, 9.17) is 14.2 Å².